The van der Waals surface area contributed by atoms with Crippen LogP contribution < -0.4 is 14.4 Å². The number of fused-ring (bicyclic) bond motifs is 4. The van der Waals surface area contributed by atoms with Crippen molar-refractivity contribution >= 4 is 62.6 Å². The molecule has 1 amide bonds. The van der Waals surface area contributed by atoms with E-state index in [1.165, 1.54) is 0 Å². The van der Waals surface area contributed by atoms with Gasteiger partial charge in [0.25, 0.3) is 5.91 Å². The highest BCUT2D eigenvalue weighted by Gasteiger charge is 2.38. The van der Waals surface area contributed by atoms with Crippen molar-refractivity contribution in [3.8, 4) is 22.6 Å². The summed E-state index contributed by atoms with van der Waals surface area (Å²) in [4.78, 5) is 38.5. The van der Waals surface area contributed by atoms with E-state index in [4.69, 9.17) is 42.1 Å². The molecule has 3 aromatic heterocycles. The van der Waals surface area contributed by atoms with Crippen molar-refractivity contribution in [2.75, 3.05) is 51.6 Å². The maximum atomic E-state index is 15.4. The largest absolute Gasteiger partial charge is 0.494 e. The number of carboxylic acids is 1. The third-order valence-electron chi connectivity index (χ3n) is 10.8. The van der Waals surface area contributed by atoms with Gasteiger partial charge in [-0.15, -0.1) is 0 Å². The summed E-state index contributed by atoms with van der Waals surface area (Å²) < 4.78 is 26.8. The molecule has 1 aliphatic rings. The highest BCUT2D eigenvalue weighted by molar-refractivity contribution is 6.35. The van der Waals surface area contributed by atoms with Crippen LogP contribution in [-0.4, -0.2) is 82.8 Å². The SMILES string of the molecule is COCCOCCOc1cc(N2C[C@@H](C)n3c(c(CCCOc4cc(C)c(Cl)c(C)c4)c4ccc(Cl)c(-c5c(C)ncnc5C)c43)C2=O)c2c(c1)cc(C(=O)O)n2C. The highest BCUT2D eigenvalue weighted by Crippen LogP contribution is 2.46. The van der Waals surface area contributed by atoms with Crippen LogP contribution in [0.5, 0.6) is 11.5 Å². The molecule has 0 fully saturated rings. The summed E-state index contributed by atoms with van der Waals surface area (Å²) >= 11 is 13.5. The number of aromatic nitrogens is 4. The lowest BCUT2D eigenvalue weighted by Gasteiger charge is -2.35. The van der Waals surface area contributed by atoms with Gasteiger partial charge in [0.1, 0.15) is 35.8 Å². The molecule has 58 heavy (non-hydrogen) atoms. The Morgan fingerprint density at radius 3 is 2.24 bits per heavy atom. The van der Waals surface area contributed by atoms with E-state index in [2.05, 4.69) is 21.5 Å². The monoisotopic (exact) mass is 827 g/mol. The van der Waals surface area contributed by atoms with E-state index >= 15 is 4.79 Å². The molecule has 12 nitrogen and oxygen atoms in total. The van der Waals surface area contributed by atoms with Crippen LogP contribution in [0.3, 0.4) is 0 Å². The molecule has 1 N–H and O–H groups in total. The van der Waals surface area contributed by atoms with Crippen LogP contribution in [0.4, 0.5) is 5.69 Å². The number of hydrogen-bond donors (Lipinski definition) is 1. The van der Waals surface area contributed by atoms with Crippen LogP contribution in [0.2, 0.25) is 10.0 Å². The van der Waals surface area contributed by atoms with E-state index in [-0.39, 0.29) is 30.8 Å². The Morgan fingerprint density at radius 2 is 1.55 bits per heavy atom. The molecule has 0 radical (unpaired) electrons. The van der Waals surface area contributed by atoms with E-state index in [9.17, 15) is 9.90 Å². The van der Waals surface area contributed by atoms with Crippen LogP contribution in [0.15, 0.2) is 48.8 Å². The summed E-state index contributed by atoms with van der Waals surface area (Å²) in [6.45, 7) is 12.0. The minimum absolute atomic E-state index is 0.0878. The zero-order valence-corrected chi connectivity index (χ0v) is 35.3. The predicted octanol–water partition coefficient (Wildman–Crippen LogP) is 9.10. The quantitative estimate of drug-likeness (QED) is 0.101. The van der Waals surface area contributed by atoms with E-state index in [0.717, 1.165) is 60.9 Å². The van der Waals surface area contributed by atoms with Gasteiger partial charge in [0.2, 0.25) is 0 Å². The summed E-state index contributed by atoms with van der Waals surface area (Å²) in [7, 11) is 3.31. The number of carbonyl (C=O) groups excluding carboxylic acids is 1. The molecule has 3 aromatic carbocycles. The van der Waals surface area contributed by atoms with Gasteiger partial charge in [0, 0.05) is 71.1 Å². The first kappa shape index (κ1) is 41.0. The van der Waals surface area contributed by atoms with Gasteiger partial charge in [-0.1, -0.05) is 29.3 Å². The number of aromatic carboxylic acids is 1. The van der Waals surface area contributed by atoms with Crippen LogP contribution in [0, 0.1) is 27.7 Å². The molecule has 0 spiro atoms. The average molecular weight is 829 g/mol. The van der Waals surface area contributed by atoms with Crippen LogP contribution >= 0.6 is 23.2 Å². The van der Waals surface area contributed by atoms with E-state index in [1.54, 1.807) is 42.1 Å². The minimum atomic E-state index is -1.08. The topological polar surface area (TPSA) is 130 Å². The Bertz CT molecular complexity index is 2520. The maximum Gasteiger partial charge on any atom is 0.352 e. The molecular formula is C44H47Cl2N5O7. The zero-order chi connectivity index (χ0) is 41.4. The molecule has 1 aliphatic heterocycles. The smallest absolute Gasteiger partial charge is 0.352 e. The fraction of sp³-hybridized carbons (Fsp3) is 0.364. The Hall–Kier alpha value is -5.14. The fourth-order valence-corrected chi connectivity index (χ4v) is 8.52. The molecule has 0 saturated carbocycles. The number of rotatable bonds is 15. The zero-order valence-electron chi connectivity index (χ0n) is 33.7. The summed E-state index contributed by atoms with van der Waals surface area (Å²) in [6.07, 6.45) is 2.68. The number of ether oxygens (including phenoxy) is 4. The molecule has 4 heterocycles. The van der Waals surface area contributed by atoms with Gasteiger partial charge in [-0.25, -0.2) is 14.8 Å². The Labute approximate surface area is 347 Å². The lowest BCUT2D eigenvalue weighted by Crippen LogP contribution is -2.43. The first-order valence-corrected chi connectivity index (χ1v) is 20.0. The van der Waals surface area contributed by atoms with Crippen molar-refractivity contribution in [2.45, 2.75) is 53.5 Å². The molecule has 0 aliphatic carbocycles. The number of benzene rings is 3. The number of nitrogens with zero attached hydrogens (tertiary/aromatic N) is 5. The van der Waals surface area contributed by atoms with Crippen molar-refractivity contribution in [3.63, 3.8) is 0 Å². The third-order valence-corrected chi connectivity index (χ3v) is 11.7. The van der Waals surface area contributed by atoms with Gasteiger partial charge in [-0.3, -0.25) is 4.79 Å². The number of carbonyl (C=O) groups is 2. The lowest BCUT2D eigenvalue weighted by molar-refractivity contribution is 0.0544. The molecule has 0 bridgehead atoms. The van der Waals surface area contributed by atoms with Gasteiger partial charge < -0.3 is 38.1 Å². The van der Waals surface area contributed by atoms with Crippen molar-refractivity contribution in [3.05, 3.63) is 98.3 Å². The van der Waals surface area contributed by atoms with E-state index < -0.39 is 5.97 Å². The number of anilines is 1. The number of hydrogen-bond acceptors (Lipinski definition) is 8. The molecule has 6 aromatic rings. The van der Waals surface area contributed by atoms with Crippen molar-refractivity contribution in [1.29, 1.82) is 0 Å². The lowest BCUT2D eigenvalue weighted by atomic mass is 9.97. The molecule has 0 unspecified atom stereocenters. The van der Waals surface area contributed by atoms with E-state index in [1.807, 2.05) is 58.0 Å². The van der Waals surface area contributed by atoms with Gasteiger partial charge in [0.15, 0.2) is 0 Å². The predicted molar refractivity (Wildman–Crippen MR) is 227 cm³/mol. The molecule has 7 rings (SSSR count). The summed E-state index contributed by atoms with van der Waals surface area (Å²) in [5.41, 5.74) is 8.50. The first-order chi connectivity index (χ1) is 27.8. The minimum Gasteiger partial charge on any atom is -0.494 e. The standard InChI is InChI=1S/C44H47Cl2N5O7/c1-24-17-30(18-25(2)39(24)46)57-12-8-9-32-33-10-11-34(45)38(37-27(4)47-23-48-28(37)5)41(33)51-26(3)22-50(43(52)42(32)51)35-21-31(58-16-15-56-14-13-55-7)19-29-20-36(44(53)54)49(6)40(29)35/h10-11,17-21,23,26H,8-9,12-16,22H2,1-7H3,(H,53,54)/t26-/m1/s1. The number of methoxy groups -OCH3 is 1. The number of carboxylic acid groups (broad SMARTS) is 1. The van der Waals surface area contributed by atoms with Gasteiger partial charge in [0.05, 0.1) is 48.2 Å². The van der Waals surface area contributed by atoms with Gasteiger partial charge in [-0.05, 0) is 94.5 Å². The molecule has 1 atom stereocenters. The van der Waals surface area contributed by atoms with Gasteiger partial charge >= 0.3 is 5.97 Å². The van der Waals surface area contributed by atoms with Crippen molar-refractivity contribution in [1.82, 2.24) is 19.1 Å². The summed E-state index contributed by atoms with van der Waals surface area (Å²) in [6, 6.07) is 12.7. The number of amides is 1. The summed E-state index contributed by atoms with van der Waals surface area (Å²) in [5, 5.41) is 12.9. The van der Waals surface area contributed by atoms with Crippen molar-refractivity contribution in [2.24, 2.45) is 7.05 Å². The Kier molecular flexibility index (Phi) is 12.0. The molecular weight excluding hydrogens is 781 g/mol. The highest BCUT2D eigenvalue weighted by atomic mass is 35.5. The van der Waals surface area contributed by atoms with Crippen molar-refractivity contribution < 1.29 is 33.6 Å². The van der Waals surface area contributed by atoms with Crippen LogP contribution in [0.1, 0.15) is 68.4 Å². The van der Waals surface area contributed by atoms with Gasteiger partial charge in [-0.2, -0.15) is 0 Å². The van der Waals surface area contributed by atoms with Crippen LogP contribution in [-0.2, 0) is 22.9 Å². The second-order valence-corrected chi connectivity index (χ2v) is 15.5. The second kappa shape index (κ2) is 17.0. The van der Waals surface area contributed by atoms with Crippen LogP contribution in [0.25, 0.3) is 32.9 Å². The molecule has 14 heteroatoms. The third kappa shape index (κ3) is 7.61. The average Bonchev–Trinajstić information content (AvgIpc) is 3.70. The number of aryl methyl sites for hydroxylation is 6. The summed E-state index contributed by atoms with van der Waals surface area (Å²) in [5.74, 6) is -0.0842. The molecule has 0 saturated heterocycles. The van der Waals surface area contributed by atoms with E-state index in [0.29, 0.717) is 72.3 Å². The number of halogens is 2. The Morgan fingerprint density at radius 1 is 0.879 bits per heavy atom. The first-order valence-electron chi connectivity index (χ1n) is 19.2. The Balaban J connectivity index is 1.35. The molecule has 304 valence electrons. The fourth-order valence-electron chi connectivity index (χ4n) is 8.17. The normalized spacial score (nSPS) is 14.1. The second-order valence-electron chi connectivity index (χ2n) is 14.8. The maximum absolute atomic E-state index is 15.4.